The number of carbonyl (C=O) groups excluding carboxylic acids is 1. The van der Waals surface area contributed by atoms with Crippen molar-refractivity contribution in [2.75, 3.05) is 0 Å². The number of rotatable bonds is 7. The van der Waals surface area contributed by atoms with Crippen LogP contribution in [0.25, 0.3) is 0 Å². The Morgan fingerprint density at radius 3 is 2.25 bits per heavy atom. The van der Waals surface area contributed by atoms with Gasteiger partial charge in [0.25, 0.3) is 0 Å². The molecule has 0 heterocycles. The highest BCUT2D eigenvalue weighted by Crippen LogP contribution is 2.16. The van der Waals surface area contributed by atoms with Crippen LogP contribution < -0.4 is 5.32 Å². The first-order chi connectivity index (χ1) is 11.1. The summed E-state index contributed by atoms with van der Waals surface area (Å²) in [6.45, 7) is 8.87. The molecule has 0 fully saturated rings. The van der Waals surface area contributed by atoms with Crippen molar-refractivity contribution >= 4 is 12.1 Å². The molecular formula is C18H27NO5. The van der Waals surface area contributed by atoms with Gasteiger partial charge in [-0.3, -0.25) is 4.79 Å². The number of alkyl carbamates (subject to hydrolysis) is 1. The first-order valence-corrected chi connectivity index (χ1v) is 7.98. The Morgan fingerprint density at radius 1 is 1.17 bits per heavy atom. The summed E-state index contributed by atoms with van der Waals surface area (Å²) in [7, 11) is 0. The van der Waals surface area contributed by atoms with Crippen LogP contribution in [0.2, 0.25) is 0 Å². The first-order valence-electron chi connectivity index (χ1n) is 7.98. The summed E-state index contributed by atoms with van der Waals surface area (Å²) in [5, 5.41) is 12.1. The van der Waals surface area contributed by atoms with Crippen molar-refractivity contribution in [1.29, 1.82) is 0 Å². The van der Waals surface area contributed by atoms with Crippen molar-refractivity contribution in [3.63, 3.8) is 0 Å². The second-order valence-corrected chi connectivity index (χ2v) is 6.80. The molecule has 1 rings (SSSR count). The minimum Gasteiger partial charge on any atom is -0.481 e. The van der Waals surface area contributed by atoms with Crippen LogP contribution in [0.4, 0.5) is 4.79 Å². The molecule has 0 saturated heterocycles. The van der Waals surface area contributed by atoms with Gasteiger partial charge >= 0.3 is 12.1 Å². The number of ether oxygens (including phenoxy) is 2. The van der Waals surface area contributed by atoms with Gasteiger partial charge in [-0.05, 0) is 40.2 Å². The molecule has 0 saturated carbocycles. The molecule has 0 aliphatic carbocycles. The standard InChI is InChI=1S/C18H27NO5/c1-12(19-17(22)24-18(3,4)5)15(16(20)21)13(2)23-11-14-9-7-6-8-10-14/h6-10,12-13,15H,11H2,1-5H3,(H,19,22)(H,20,21)/t12-,13+,15+/m1/s1. The molecule has 24 heavy (non-hydrogen) atoms. The lowest BCUT2D eigenvalue weighted by atomic mass is 9.96. The highest BCUT2D eigenvalue weighted by atomic mass is 16.6. The third-order valence-electron chi connectivity index (χ3n) is 3.43. The molecule has 0 bridgehead atoms. The fraction of sp³-hybridized carbons (Fsp3) is 0.556. The van der Waals surface area contributed by atoms with Crippen LogP contribution >= 0.6 is 0 Å². The van der Waals surface area contributed by atoms with Crippen molar-refractivity contribution in [3.05, 3.63) is 35.9 Å². The van der Waals surface area contributed by atoms with E-state index in [2.05, 4.69) is 5.32 Å². The van der Waals surface area contributed by atoms with Gasteiger partial charge in [-0.1, -0.05) is 30.3 Å². The van der Waals surface area contributed by atoms with E-state index in [1.165, 1.54) is 0 Å². The summed E-state index contributed by atoms with van der Waals surface area (Å²) in [4.78, 5) is 23.4. The molecule has 3 atom stereocenters. The summed E-state index contributed by atoms with van der Waals surface area (Å²) in [6, 6.07) is 8.87. The van der Waals surface area contributed by atoms with Crippen LogP contribution in [-0.2, 0) is 20.9 Å². The molecule has 6 nitrogen and oxygen atoms in total. The number of carboxylic acid groups (broad SMARTS) is 1. The molecule has 0 unspecified atom stereocenters. The highest BCUT2D eigenvalue weighted by molar-refractivity contribution is 5.74. The summed E-state index contributed by atoms with van der Waals surface area (Å²) in [5.74, 6) is -1.92. The maximum atomic E-state index is 11.8. The Morgan fingerprint density at radius 2 is 1.75 bits per heavy atom. The van der Waals surface area contributed by atoms with Gasteiger partial charge < -0.3 is 19.9 Å². The Balaban J connectivity index is 2.64. The van der Waals surface area contributed by atoms with Gasteiger partial charge in [0.2, 0.25) is 0 Å². The van der Waals surface area contributed by atoms with E-state index in [1.54, 1.807) is 34.6 Å². The van der Waals surface area contributed by atoms with E-state index < -0.39 is 35.7 Å². The molecule has 2 N–H and O–H groups in total. The third-order valence-corrected chi connectivity index (χ3v) is 3.43. The highest BCUT2D eigenvalue weighted by Gasteiger charge is 2.33. The number of hydrogen-bond acceptors (Lipinski definition) is 4. The summed E-state index contributed by atoms with van der Waals surface area (Å²) in [6.07, 6.45) is -1.22. The second-order valence-electron chi connectivity index (χ2n) is 6.80. The lowest BCUT2D eigenvalue weighted by molar-refractivity contribution is -0.148. The zero-order valence-electron chi connectivity index (χ0n) is 14.9. The molecular weight excluding hydrogens is 310 g/mol. The molecule has 0 aliphatic rings. The van der Waals surface area contributed by atoms with E-state index >= 15 is 0 Å². The van der Waals surface area contributed by atoms with Gasteiger partial charge in [0.1, 0.15) is 11.5 Å². The normalized spacial score (nSPS) is 15.2. The average molecular weight is 337 g/mol. The fourth-order valence-electron chi connectivity index (χ4n) is 2.31. The number of carboxylic acids is 1. The zero-order valence-corrected chi connectivity index (χ0v) is 14.9. The van der Waals surface area contributed by atoms with E-state index in [4.69, 9.17) is 9.47 Å². The van der Waals surface area contributed by atoms with Crippen molar-refractivity contribution < 1.29 is 24.2 Å². The number of amides is 1. The minimum absolute atomic E-state index is 0.310. The molecule has 6 heteroatoms. The SMILES string of the molecule is C[C@H](OCc1ccccc1)[C@@H](C(=O)O)[C@@H](C)NC(=O)OC(C)(C)C. The second kappa shape index (κ2) is 8.68. The van der Waals surface area contributed by atoms with Crippen LogP contribution in [0.5, 0.6) is 0 Å². The largest absolute Gasteiger partial charge is 0.481 e. The van der Waals surface area contributed by atoms with Crippen LogP contribution in [-0.4, -0.2) is 34.9 Å². The van der Waals surface area contributed by atoms with Crippen molar-refractivity contribution in [1.82, 2.24) is 5.32 Å². The smallest absolute Gasteiger partial charge is 0.407 e. The van der Waals surface area contributed by atoms with Crippen molar-refractivity contribution in [3.8, 4) is 0 Å². The van der Waals surface area contributed by atoms with Crippen LogP contribution in [0, 0.1) is 5.92 Å². The number of carbonyl (C=O) groups is 2. The summed E-state index contributed by atoms with van der Waals surface area (Å²) < 4.78 is 10.8. The number of nitrogens with one attached hydrogen (secondary N) is 1. The average Bonchev–Trinajstić information content (AvgIpc) is 2.43. The lowest BCUT2D eigenvalue weighted by Gasteiger charge is -2.28. The minimum atomic E-state index is -1.03. The third kappa shape index (κ3) is 7.00. The summed E-state index contributed by atoms with van der Waals surface area (Å²) in [5.41, 5.74) is 0.319. The predicted octanol–water partition coefficient (Wildman–Crippen LogP) is 3.21. The topological polar surface area (TPSA) is 84.9 Å². The van der Waals surface area contributed by atoms with E-state index in [1.807, 2.05) is 30.3 Å². The predicted molar refractivity (Wildman–Crippen MR) is 90.7 cm³/mol. The molecule has 1 aromatic carbocycles. The quantitative estimate of drug-likeness (QED) is 0.798. The fourth-order valence-corrected chi connectivity index (χ4v) is 2.31. The summed E-state index contributed by atoms with van der Waals surface area (Å²) >= 11 is 0. The number of benzene rings is 1. The van der Waals surface area contributed by atoms with Gasteiger partial charge in [0.05, 0.1) is 12.7 Å². The molecule has 0 aromatic heterocycles. The molecule has 0 radical (unpaired) electrons. The molecule has 1 amide bonds. The van der Waals surface area contributed by atoms with Gasteiger partial charge in [-0.2, -0.15) is 0 Å². The Kier molecular flexibility index (Phi) is 7.22. The van der Waals surface area contributed by atoms with E-state index in [-0.39, 0.29) is 0 Å². The van der Waals surface area contributed by atoms with E-state index in [9.17, 15) is 14.7 Å². The van der Waals surface area contributed by atoms with Crippen LogP contribution in [0.1, 0.15) is 40.2 Å². The zero-order chi connectivity index (χ0) is 18.3. The van der Waals surface area contributed by atoms with E-state index in [0.717, 1.165) is 5.56 Å². The van der Waals surface area contributed by atoms with Gasteiger partial charge in [0.15, 0.2) is 0 Å². The van der Waals surface area contributed by atoms with Crippen LogP contribution in [0.15, 0.2) is 30.3 Å². The van der Waals surface area contributed by atoms with Gasteiger partial charge in [-0.15, -0.1) is 0 Å². The van der Waals surface area contributed by atoms with Crippen molar-refractivity contribution in [2.45, 2.75) is 59.0 Å². The van der Waals surface area contributed by atoms with Gasteiger partial charge in [-0.25, -0.2) is 4.79 Å². The molecule has 0 spiro atoms. The maximum Gasteiger partial charge on any atom is 0.407 e. The molecule has 0 aliphatic heterocycles. The molecule has 1 aromatic rings. The molecule has 134 valence electrons. The van der Waals surface area contributed by atoms with E-state index in [0.29, 0.717) is 6.61 Å². The van der Waals surface area contributed by atoms with Crippen LogP contribution in [0.3, 0.4) is 0 Å². The Bertz CT molecular complexity index is 538. The van der Waals surface area contributed by atoms with Crippen molar-refractivity contribution in [2.24, 2.45) is 5.92 Å². The number of aliphatic carboxylic acids is 1. The first kappa shape index (κ1) is 20.0. The number of hydrogen-bond donors (Lipinski definition) is 2. The maximum absolute atomic E-state index is 11.8. The monoisotopic (exact) mass is 337 g/mol. The Hall–Kier alpha value is -2.08. The lowest BCUT2D eigenvalue weighted by Crippen LogP contribution is -2.47. The van der Waals surface area contributed by atoms with Gasteiger partial charge in [0, 0.05) is 6.04 Å². The Labute approximate surface area is 143 Å².